The number of fused-ring (bicyclic) bond motifs is 1. The van der Waals surface area contributed by atoms with E-state index in [1.54, 1.807) is 25.1 Å². The van der Waals surface area contributed by atoms with Gasteiger partial charge in [0.25, 0.3) is 0 Å². The first-order chi connectivity index (χ1) is 13.2. The summed E-state index contributed by atoms with van der Waals surface area (Å²) in [7, 11) is 1.23. The number of carbonyl (C=O) groups excluding carboxylic acids is 2. The Bertz CT molecular complexity index is 861. The first-order valence-electron chi connectivity index (χ1n) is 8.51. The van der Waals surface area contributed by atoms with Crippen molar-refractivity contribution in [2.24, 2.45) is 5.92 Å². The largest absolute Gasteiger partial charge is 0.467 e. The summed E-state index contributed by atoms with van der Waals surface area (Å²) in [5.41, 5.74) is 0.139. The molecule has 0 saturated heterocycles. The molecule has 1 N–H and O–H groups in total. The summed E-state index contributed by atoms with van der Waals surface area (Å²) in [6, 6.07) is 5.44. The molecule has 2 aromatic rings. The van der Waals surface area contributed by atoms with E-state index in [1.165, 1.54) is 13.2 Å². The molecule has 0 aliphatic heterocycles. The number of aromatic nitrogens is 2. The lowest BCUT2D eigenvalue weighted by atomic mass is 9.99. The Morgan fingerprint density at radius 2 is 1.93 bits per heavy atom. The molecular weight excluding hydrogens is 395 g/mol. The van der Waals surface area contributed by atoms with Gasteiger partial charge >= 0.3 is 12.1 Å². The summed E-state index contributed by atoms with van der Waals surface area (Å²) in [4.78, 5) is 31.3. The number of para-hydroxylation sites is 1. The maximum absolute atomic E-state index is 13.1. The molecule has 1 aromatic heterocycles. The van der Waals surface area contributed by atoms with Gasteiger partial charge in [-0.3, -0.25) is 4.79 Å². The van der Waals surface area contributed by atoms with Crippen molar-refractivity contribution in [1.82, 2.24) is 15.3 Å². The van der Waals surface area contributed by atoms with E-state index < -0.39 is 29.9 Å². The number of ether oxygens (including phenoxy) is 1. The van der Waals surface area contributed by atoms with E-state index in [-0.39, 0.29) is 22.2 Å². The number of carbonyl (C=O) groups is 2. The third-order valence-electron chi connectivity index (χ3n) is 4.15. The molecule has 28 heavy (non-hydrogen) atoms. The summed E-state index contributed by atoms with van der Waals surface area (Å²) in [6.45, 7) is 3.66. The van der Waals surface area contributed by atoms with Crippen LogP contribution < -0.4 is 5.32 Å². The number of halogens is 3. The predicted octanol–water partition coefficient (Wildman–Crippen LogP) is 3.44. The van der Waals surface area contributed by atoms with Crippen molar-refractivity contribution in [2.45, 2.75) is 37.5 Å². The van der Waals surface area contributed by atoms with Crippen LogP contribution in [-0.4, -0.2) is 40.7 Å². The van der Waals surface area contributed by atoms with Crippen LogP contribution in [0.15, 0.2) is 29.3 Å². The third-order valence-corrected chi connectivity index (χ3v) is 5.14. The van der Waals surface area contributed by atoms with E-state index in [2.05, 4.69) is 15.3 Å². The fraction of sp³-hybridized carbons (Fsp3) is 0.444. The SMILES string of the molecule is CC[C@H](C)[C@H](NC(=O)CSc1nc(C(F)(F)F)nc2ccccc12)C(=O)OC. The molecule has 6 nitrogen and oxygen atoms in total. The number of hydrogen-bond donors (Lipinski definition) is 1. The van der Waals surface area contributed by atoms with Crippen LogP contribution in [0.1, 0.15) is 26.1 Å². The van der Waals surface area contributed by atoms with Crippen LogP contribution >= 0.6 is 11.8 Å². The second-order valence-electron chi connectivity index (χ2n) is 6.11. The number of amides is 1. The van der Waals surface area contributed by atoms with Gasteiger partial charge in [0.05, 0.1) is 18.4 Å². The van der Waals surface area contributed by atoms with Gasteiger partial charge in [-0.25, -0.2) is 14.8 Å². The standard InChI is InChI=1S/C18H20F3N3O3S/c1-4-10(2)14(16(26)27-3)23-13(25)9-28-15-11-7-5-6-8-12(11)22-17(24-15)18(19,20)21/h5-8,10,14H,4,9H2,1-3H3,(H,23,25)/t10-,14-/m0/s1. The highest BCUT2D eigenvalue weighted by Gasteiger charge is 2.35. The summed E-state index contributed by atoms with van der Waals surface area (Å²) in [5.74, 6) is -2.70. The van der Waals surface area contributed by atoms with Gasteiger partial charge in [-0.1, -0.05) is 50.2 Å². The molecule has 0 aliphatic carbocycles. The molecule has 1 amide bonds. The van der Waals surface area contributed by atoms with Crippen molar-refractivity contribution in [1.29, 1.82) is 0 Å². The number of thioether (sulfide) groups is 1. The van der Waals surface area contributed by atoms with Gasteiger partial charge in [0.2, 0.25) is 11.7 Å². The number of esters is 1. The van der Waals surface area contributed by atoms with Crippen LogP contribution in [0.2, 0.25) is 0 Å². The smallest absolute Gasteiger partial charge is 0.451 e. The molecule has 0 radical (unpaired) electrons. The lowest BCUT2D eigenvalue weighted by Gasteiger charge is -2.21. The van der Waals surface area contributed by atoms with Crippen LogP contribution in [0.25, 0.3) is 10.9 Å². The molecule has 0 aliphatic rings. The topological polar surface area (TPSA) is 81.2 Å². The second kappa shape index (κ2) is 9.22. The average molecular weight is 415 g/mol. The first-order valence-corrected chi connectivity index (χ1v) is 9.49. The molecular formula is C18H20F3N3O3S. The van der Waals surface area contributed by atoms with E-state index in [9.17, 15) is 22.8 Å². The molecule has 10 heteroatoms. The van der Waals surface area contributed by atoms with E-state index >= 15 is 0 Å². The molecule has 2 rings (SSSR count). The minimum absolute atomic E-state index is 0.0474. The number of methoxy groups -OCH3 is 1. The Kier molecular flexibility index (Phi) is 7.22. The quantitative estimate of drug-likeness (QED) is 0.424. The van der Waals surface area contributed by atoms with Crippen LogP contribution in [0.4, 0.5) is 13.2 Å². The molecule has 1 heterocycles. The number of nitrogens with one attached hydrogen (secondary N) is 1. The van der Waals surface area contributed by atoms with Crippen molar-refractivity contribution in [3.63, 3.8) is 0 Å². The monoisotopic (exact) mass is 415 g/mol. The fourth-order valence-corrected chi connectivity index (χ4v) is 3.26. The predicted molar refractivity (Wildman–Crippen MR) is 98.7 cm³/mol. The lowest BCUT2D eigenvalue weighted by Crippen LogP contribution is -2.46. The van der Waals surface area contributed by atoms with Crippen molar-refractivity contribution >= 4 is 34.5 Å². The number of hydrogen-bond acceptors (Lipinski definition) is 6. The number of nitrogens with zero attached hydrogens (tertiary/aromatic N) is 2. The molecule has 0 saturated carbocycles. The maximum atomic E-state index is 13.1. The highest BCUT2D eigenvalue weighted by atomic mass is 32.2. The van der Waals surface area contributed by atoms with Gasteiger partial charge < -0.3 is 10.1 Å². The average Bonchev–Trinajstić information content (AvgIpc) is 2.68. The van der Waals surface area contributed by atoms with E-state index in [0.29, 0.717) is 11.8 Å². The van der Waals surface area contributed by atoms with Crippen molar-refractivity contribution in [3.05, 3.63) is 30.1 Å². The van der Waals surface area contributed by atoms with E-state index in [0.717, 1.165) is 11.8 Å². The zero-order valence-electron chi connectivity index (χ0n) is 15.5. The highest BCUT2D eigenvalue weighted by Crippen LogP contribution is 2.32. The van der Waals surface area contributed by atoms with Crippen LogP contribution in [0.3, 0.4) is 0 Å². The van der Waals surface area contributed by atoms with Crippen LogP contribution in [0.5, 0.6) is 0 Å². The zero-order valence-corrected chi connectivity index (χ0v) is 16.4. The van der Waals surface area contributed by atoms with Gasteiger partial charge in [0.15, 0.2) is 0 Å². The van der Waals surface area contributed by atoms with Crippen molar-refractivity contribution in [3.8, 4) is 0 Å². The summed E-state index contributed by atoms with van der Waals surface area (Å²) < 4.78 is 43.9. The molecule has 0 bridgehead atoms. The van der Waals surface area contributed by atoms with E-state index in [4.69, 9.17) is 4.74 Å². The van der Waals surface area contributed by atoms with Gasteiger partial charge in [0, 0.05) is 5.39 Å². The molecule has 2 atom stereocenters. The number of rotatable bonds is 7. The van der Waals surface area contributed by atoms with Gasteiger partial charge in [-0.2, -0.15) is 13.2 Å². The second-order valence-corrected chi connectivity index (χ2v) is 7.07. The Morgan fingerprint density at radius 1 is 1.25 bits per heavy atom. The zero-order chi connectivity index (χ0) is 20.9. The van der Waals surface area contributed by atoms with Gasteiger partial charge in [-0.15, -0.1) is 0 Å². The number of alkyl halides is 3. The molecule has 1 aromatic carbocycles. The minimum Gasteiger partial charge on any atom is -0.467 e. The molecule has 152 valence electrons. The Morgan fingerprint density at radius 3 is 2.54 bits per heavy atom. The summed E-state index contributed by atoms with van der Waals surface area (Å²) in [5, 5.41) is 3.05. The third kappa shape index (κ3) is 5.34. The van der Waals surface area contributed by atoms with E-state index in [1.807, 2.05) is 6.92 Å². The first kappa shape index (κ1) is 21.9. The van der Waals surface area contributed by atoms with Gasteiger partial charge in [0.1, 0.15) is 11.1 Å². The van der Waals surface area contributed by atoms with Gasteiger partial charge in [-0.05, 0) is 12.0 Å². The van der Waals surface area contributed by atoms with Crippen LogP contribution in [0, 0.1) is 5.92 Å². The normalized spacial score (nSPS) is 13.8. The van der Waals surface area contributed by atoms with Crippen LogP contribution in [-0.2, 0) is 20.5 Å². The minimum atomic E-state index is -4.70. The Balaban J connectivity index is 2.20. The molecule has 0 unspecified atom stereocenters. The van der Waals surface area contributed by atoms with Crippen molar-refractivity contribution in [2.75, 3.05) is 12.9 Å². The number of benzene rings is 1. The fourth-order valence-electron chi connectivity index (χ4n) is 2.43. The summed E-state index contributed by atoms with van der Waals surface area (Å²) in [6.07, 6.45) is -4.06. The lowest BCUT2D eigenvalue weighted by molar-refractivity contribution is -0.146. The highest BCUT2D eigenvalue weighted by molar-refractivity contribution is 8.00. The Hall–Kier alpha value is -2.36. The summed E-state index contributed by atoms with van der Waals surface area (Å²) >= 11 is 0.854. The molecule has 0 fully saturated rings. The Labute approximate surface area is 164 Å². The maximum Gasteiger partial charge on any atom is 0.451 e. The van der Waals surface area contributed by atoms with Crippen molar-refractivity contribution < 1.29 is 27.5 Å². The molecule has 0 spiro atoms.